The van der Waals surface area contributed by atoms with Crippen LogP contribution < -0.4 is 10.2 Å². The van der Waals surface area contributed by atoms with Crippen molar-refractivity contribution in [2.75, 3.05) is 18.0 Å². The van der Waals surface area contributed by atoms with Gasteiger partial charge in [0.15, 0.2) is 0 Å². The van der Waals surface area contributed by atoms with E-state index in [1.165, 1.54) is 25.0 Å². The van der Waals surface area contributed by atoms with Crippen LogP contribution in [0.2, 0.25) is 0 Å². The summed E-state index contributed by atoms with van der Waals surface area (Å²) in [5.41, 5.74) is 0.360. The zero-order chi connectivity index (χ0) is 17.3. The van der Waals surface area contributed by atoms with Gasteiger partial charge in [-0.2, -0.15) is 0 Å². The van der Waals surface area contributed by atoms with Crippen LogP contribution in [-0.2, 0) is 16.8 Å². The van der Waals surface area contributed by atoms with Gasteiger partial charge in [0, 0.05) is 19.3 Å². The third kappa shape index (κ3) is 3.21. The van der Waals surface area contributed by atoms with E-state index in [0.717, 1.165) is 37.3 Å². The maximum atomic E-state index is 13.1. The lowest BCUT2D eigenvalue weighted by molar-refractivity contribution is -0.123. The van der Waals surface area contributed by atoms with Crippen molar-refractivity contribution >= 4 is 11.7 Å². The first kappa shape index (κ1) is 16.0. The second kappa shape index (κ2) is 6.43. The number of halogens is 1. The third-order valence-corrected chi connectivity index (χ3v) is 5.11. The minimum atomic E-state index is -0.514. The van der Waals surface area contributed by atoms with Crippen molar-refractivity contribution in [2.24, 2.45) is 0 Å². The standard InChI is InChI=1S/C19H21FN4O/c20-15-5-3-14(4-6-15)19(8-9-19)18(25)22-13-16-21-10-7-17(23-16)24-11-1-2-12-24/h3-7,10H,1-2,8-9,11-13H2,(H,22,25). The van der Waals surface area contributed by atoms with Gasteiger partial charge in [-0.05, 0) is 49.4 Å². The molecule has 4 rings (SSSR count). The van der Waals surface area contributed by atoms with Gasteiger partial charge in [-0.25, -0.2) is 14.4 Å². The van der Waals surface area contributed by atoms with Gasteiger partial charge in [0.1, 0.15) is 17.5 Å². The van der Waals surface area contributed by atoms with Crippen LogP contribution in [0.25, 0.3) is 0 Å². The van der Waals surface area contributed by atoms with Crippen molar-refractivity contribution < 1.29 is 9.18 Å². The Hall–Kier alpha value is -2.50. The molecule has 6 heteroatoms. The molecule has 1 aliphatic carbocycles. The molecule has 2 aromatic rings. The summed E-state index contributed by atoms with van der Waals surface area (Å²) in [5.74, 6) is 1.23. The summed E-state index contributed by atoms with van der Waals surface area (Å²) in [6.07, 6.45) is 5.71. The highest BCUT2D eigenvalue weighted by Crippen LogP contribution is 2.48. The molecular formula is C19H21FN4O. The zero-order valence-electron chi connectivity index (χ0n) is 14.0. The van der Waals surface area contributed by atoms with Crippen molar-refractivity contribution in [2.45, 2.75) is 37.6 Å². The van der Waals surface area contributed by atoms with Crippen LogP contribution in [0.1, 0.15) is 37.1 Å². The largest absolute Gasteiger partial charge is 0.357 e. The van der Waals surface area contributed by atoms with Crippen molar-refractivity contribution in [3.63, 3.8) is 0 Å². The van der Waals surface area contributed by atoms with Gasteiger partial charge in [0.2, 0.25) is 5.91 Å². The number of carbonyl (C=O) groups is 1. The molecule has 0 bridgehead atoms. The van der Waals surface area contributed by atoms with E-state index in [0.29, 0.717) is 12.4 Å². The molecule has 25 heavy (non-hydrogen) atoms. The van der Waals surface area contributed by atoms with Gasteiger partial charge in [-0.15, -0.1) is 0 Å². The molecule has 5 nitrogen and oxygen atoms in total. The topological polar surface area (TPSA) is 58.1 Å². The van der Waals surface area contributed by atoms with Crippen molar-refractivity contribution in [1.82, 2.24) is 15.3 Å². The second-order valence-electron chi connectivity index (χ2n) is 6.80. The van der Waals surface area contributed by atoms with Crippen LogP contribution in [0.4, 0.5) is 10.2 Å². The Labute approximate surface area is 146 Å². The summed E-state index contributed by atoms with van der Waals surface area (Å²) >= 11 is 0. The van der Waals surface area contributed by atoms with Crippen LogP contribution in [0.5, 0.6) is 0 Å². The number of rotatable bonds is 5. The Morgan fingerprint density at radius 1 is 1.16 bits per heavy atom. The van der Waals surface area contributed by atoms with Crippen LogP contribution in [0.15, 0.2) is 36.5 Å². The molecule has 2 aliphatic rings. The van der Waals surface area contributed by atoms with Crippen LogP contribution in [-0.4, -0.2) is 29.0 Å². The second-order valence-corrected chi connectivity index (χ2v) is 6.80. The van der Waals surface area contributed by atoms with Gasteiger partial charge >= 0.3 is 0 Å². The Kier molecular flexibility index (Phi) is 4.11. The first-order valence-electron chi connectivity index (χ1n) is 8.79. The molecule has 0 radical (unpaired) electrons. The summed E-state index contributed by atoms with van der Waals surface area (Å²) in [5, 5.41) is 2.96. The van der Waals surface area contributed by atoms with Crippen LogP contribution >= 0.6 is 0 Å². The maximum Gasteiger partial charge on any atom is 0.231 e. The van der Waals surface area contributed by atoms with Crippen LogP contribution in [0, 0.1) is 5.82 Å². The van der Waals surface area contributed by atoms with Gasteiger partial charge < -0.3 is 10.2 Å². The number of nitrogens with zero attached hydrogens (tertiary/aromatic N) is 3. The smallest absolute Gasteiger partial charge is 0.231 e. The number of aromatic nitrogens is 2. The number of amides is 1. The number of nitrogens with one attached hydrogen (secondary N) is 1. The SMILES string of the molecule is O=C(NCc1nccc(N2CCCC2)n1)C1(c2ccc(F)cc2)CC1. The Morgan fingerprint density at radius 2 is 1.88 bits per heavy atom. The fourth-order valence-corrected chi connectivity index (χ4v) is 3.47. The van der Waals surface area contributed by atoms with Crippen molar-refractivity contribution in [3.05, 3.63) is 53.7 Å². The van der Waals surface area contributed by atoms with E-state index in [-0.39, 0.29) is 11.7 Å². The molecule has 1 aliphatic heterocycles. The van der Waals surface area contributed by atoms with E-state index < -0.39 is 5.41 Å². The molecule has 2 heterocycles. The summed E-state index contributed by atoms with van der Waals surface area (Å²) in [6.45, 7) is 2.36. The first-order chi connectivity index (χ1) is 12.2. The Bertz CT molecular complexity index is 767. The molecule has 0 atom stereocenters. The molecule has 0 spiro atoms. The Balaban J connectivity index is 1.42. The van der Waals surface area contributed by atoms with E-state index in [1.54, 1.807) is 18.3 Å². The van der Waals surface area contributed by atoms with E-state index in [1.807, 2.05) is 6.07 Å². The highest BCUT2D eigenvalue weighted by Gasteiger charge is 2.51. The normalized spacial score (nSPS) is 18.2. The van der Waals surface area contributed by atoms with E-state index >= 15 is 0 Å². The number of hydrogen-bond donors (Lipinski definition) is 1. The molecule has 1 amide bonds. The monoisotopic (exact) mass is 340 g/mol. The average Bonchev–Trinajstić information content (AvgIpc) is 3.26. The molecule has 1 aromatic carbocycles. The predicted octanol–water partition coefficient (Wildman–Crippen LogP) is 2.56. The van der Waals surface area contributed by atoms with Gasteiger partial charge in [0.05, 0.1) is 12.0 Å². The molecule has 1 N–H and O–H groups in total. The number of carbonyl (C=O) groups excluding carboxylic acids is 1. The quantitative estimate of drug-likeness (QED) is 0.909. The molecule has 1 saturated heterocycles. The fraction of sp³-hybridized carbons (Fsp3) is 0.421. The van der Waals surface area contributed by atoms with E-state index in [2.05, 4.69) is 20.2 Å². The molecule has 0 unspecified atom stereocenters. The van der Waals surface area contributed by atoms with Gasteiger partial charge in [-0.1, -0.05) is 12.1 Å². The molecular weight excluding hydrogens is 319 g/mol. The number of hydrogen-bond acceptors (Lipinski definition) is 4. The summed E-state index contributed by atoms with van der Waals surface area (Å²) in [7, 11) is 0. The Morgan fingerprint density at radius 3 is 2.56 bits per heavy atom. The summed E-state index contributed by atoms with van der Waals surface area (Å²) in [6, 6.07) is 8.13. The van der Waals surface area contributed by atoms with E-state index in [9.17, 15) is 9.18 Å². The molecule has 130 valence electrons. The van der Waals surface area contributed by atoms with E-state index in [4.69, 9.17) is 0 Å². The lowest BCUT2D eigenvalue weighted by atomic mass is 9.95. The molecule has 1 aromatic heterocycles. The summed E-state index contributed by atoms with van der Waals surface area (Å²) in [4.78, 5) is 23.7. The van der Waals surface area contributed by atoms with Crippen molar-refractivity contribution in [3.8, 4) is 0 Å². The highest BCUT2D eigenvalue weighted by atomic mass is 19.1. The van der Waals surface area contributed by atoms with Gasteiger partial charge in [0.25, 0.3) is 0 Å². The average molecular weight is 340 g/mol. The maximum absolute atomic E-state index is 13.1. The lowest BCUT2D eigenvalue weighted by Crippen LogP contribution is -2.34. The predicted molar refractivity (Wildman–Crippen MR) is 92.6 cm³/mol. The van der Waals surface area contributed by atoms with Crippen LogP contribution in [0.3, 0.4) is 0 Å². The van der Waals surface area contributed by atoms with Crippen molar-refractivity contribution in [1.29, 1.82) is 0 Å². The first-order valence-corrected chi connectivity index (χ1v) is 8.79. The number of benzene rings is 1. The minimum absolute atomic E-state index is 0.0331. The molecule has 1 saturated carbocycles. The summed E-state index contributed by atoms with van der Waals surface area (Å²) < 4.78 is 13.1. The fourth-order valence-electron chi connectivity index (χ4n) is 3.47. The lowest BCUT2D eigenvalue weighted by Gasteiger charge is -2.18. The highest BCUT2D eigenvalue weighted by molar-refractivity contribution is 5.91. The van der Waals surface area contributed by atoms with Gasteiger partial charge in [-0.3, -0.25) is 4.79 Å². The third-order valence-electron chi connectivity index (χ3n) is 5.11. The zero-order valence-corrected chi connectivity index (χ0v) is 14.0. The number of anilines is 1. The minimum Gasteiger partial charge on any atom is -0.357 e. The molecule has 2 fully saturated rings.